The second-order valence-corrected chi connectivity index (χ2v) is 4.76. The number of hydrogen-bond donors (Lipinski definition) is 1. The average Bonchev–Trinajstić information content (AvgIpc) is 1.98. The standard InChI is InChI=1S/C11H21NO/c1-9(2)6-11(4,5)8-12-10(3)7-13/h7,9,12H,3,6,8H2,1-2,4-5H3. The Kier molecular flexibility index (Phi) is 4.74. The molecular weight excluding hydrogens is 162 g/mol. The minimum absolute atomic E-state index is 0.222. The summed E-state index contributed by atoms with van der Waals surface area (Å²) in [6.07, 6.45) is 1.90. The molecule has 0 aromatic heterocycles. The van der Waals surface area contributed by atoms with Gasteiger partial charge in [0, 0.05) is 6.54 Å². The van der Waals surface area contributed by atoms with Crippen molar-refractivity contribution in [3.05, 3.63) is 12.3 Å². The fraction of sp³-hybridized carbons (Fsp3) is 0.727. The number of allylic oxidation sites excluding steroid dienone is 1. The summed E-state index contributed by atoms with van der Waals surface area (Å²) >= 11 is 0. The predicted molar refractivity (Wildman–Crippen MR) is 56.4 cm³/mol. The number of aldehydes is 1. The monoisotopic (exact) mass is 183 g/mol. The summed E-state index contributed by atoms with van der Waals surface area (Å²) in [5, 5.41) is 3.02. The van der Waals surface area contributed by atoms with Crippen molar-refractivity contribution in [3.8, 4) is 0 Å². The van der Waals surface area contributed by atoms with Gasteiger partial charge in [-0.05, 0) is 17.8 Å². The molecule has 0 amide bonds. The van der Waals surface area contributed by atoms with E-state index in [4.69, 9.17) is 0 Å². The van der Waals surface area contributed by atoms with E-state index in [0.717, 1.165) is 19.3 Å². The molecule has 0 aromatic rings. The zero-order valence-electron chi connectivity index (χ0n) is 9.18. The zero-order chi connectivity index (χ0) is 10.5. The highest BCUT2D eigenvalue weighted by Crippen LogP contribution is 2.24. The summed E-state index contributed by atoms with van der Waals surface area (Å²) < 4.78 is 0. The van der Waals surface area contributed by atoms with E-state index in [-0.39, 0.29) is 5.41 Å². The maximum Gasteiger partial charge on any atom is 0.165 e. The van der Waals surface area contributed by atoms with Crippen LogP contribution in [0.5, 0.6) is 0 Å². The van der Waals surface area contributed by atoms with Crippen LogP contribution in [0.25, 0.3) is 0 Å². The quantitative estimate of drug-likeness (QED) is 0.506. The van der Waals surface area contributed by atoms with Gasteiger partial charge in [0.25, 0.3) is 0 Å². The summed E-state index contributed by atoms with van der Waals surface area (Å²) in [4.78, 5) is 10.3. The van der Waals surface area contributed by atoms with E-state index in [0.29, 0.717) is 11.6 Å². The van der Waals surface area contributed by atoms with Crippen LogP contribution in [-0.4, -0.2) is 12.8 Å². The van der Waals surface area contributed by atoms with Crippen LogP contribution in [0, 0.1) is 11.3 Å². The van der Waals surface area contributed by atoms with Crippen LogP contribution in [0.3, 0.4) is 0 Å². The van der Waals surface area contributed by atoms with Gasteiger partial charge in [0.2, 0.25) is 0 Å². The zero-order valence-corrected chi connectivity index (χ0v) is 9.18. The minimum atomic E-state index is 0.222. The van der Waals surface area contributed by atoms with Crippen molar-refractivity contribution in [2.75, 3.05) is 6.54 Å². The third-order valence-corrected chi connectivity index (χ3v) is 1.90. The summed E-state index contributed by atoms with van der Waals surface area (Å²) in [6.45, 7) is 13.2. The van der Waals surface area contributed by atoms with Gasteiger partial charge in [0.1, 0.15) is 0 Å². The van der Waals surface area contributed by atoms with Crippen LogP contribution in [0.15, 0.2) is 12.3 Å². The number of rotatable bonds is 6. The Morgan fingerprint density at radius 2 is 2.08 bits per heavy atom. The van der Waals surface area contributed by atoms with Gasteiger partial charge in [0.05, 0.1) is 5.70 Å². The molecule has 2 nitrogen and oxygen atoms in total. The lowest BCUT2D eigenvalue weighted by molar-refractivity contribution is -0.105. The Morgan fingerprint density at radius 3 is 2.46 bits per heavy atom. The summed E-state index contributed by atoms with van der Waals surface area (Å²) in [5.74, 6) is 0.682. The molecule has 0 aliphatic heterocycles. The van der Waals surface area contributed by atoms with Crippen molar-refractivity contribution in [2.45, 2.75) is 34.1 Å². The largest absolute Gasteiger partial charge is 0.382 e. The van der Waals surface area contributed by atoms with E-state index in [2.05, 4.69) is 39.6 Å². The number of hydrogen-bond acceptors (Lipinski definition) is 2. The molecule has 0 saturated carbocycles. The van der Waals surface area contributed by atoms with Gasteiger partial charge < -0.3 is 5.32 Å². The topological polar surface area (TPSA) is 29.1 Å². The van der Waals surface area contributed by atoms with E-state index >= 15 is 0 Å². The molecule has 13 heavy (non-hydrogen) atoms. The van der Waals surface area contributed by atoms with Gasteiger partial charge in [-0.1, -0.05) is 34.3 Å². The molecule has 0 rings (SSSR count). The molecule has 0 unspecified atom stereocenters. The molecule has 0 heterocycles. The fourth-order valence-corrected chi connectivity index (χ4v) is 1.57. The molecule has 1 N–H and O–H groups in total. The third kappa shape index (κ3) is 6.38. The third-order valence-electron chi connectivity index (χ3n) is 1.90. The van der Waals surface area contributed by atoms with Crippen LogP contribution in [0.4, 0.5) is 0 Å². The Bertz CT molecular complexity index is 183. The molecule has 0 fully saturated rings. The summed E-state index contributed by atoms with van der Waals surface area (Å²) in [6, 6.07) is 0. The normalized spacial score (nSPS) is 11.5. The van der Waals surface area contributed by atoms with Gasteiger partial charge in [-0.3, -0.25) is 4.79 Å². The highest BCUT2D eigenvalue weighted by molar-refractivity contribution is 5.70. The molecule has 0 bridgehead atoms. The van der Waals surface area contributed by atoms with Crippen molar-refractivity contribution >= 4 is 6.29 Å². The van der Waals surface area contributed by atoms with E-state index in [9.17, 15) is 4.79 Å². The van der Waals surface area contributed by atoms with E-state index in [1.54, 1.807) is 0 Å². The van der Waals surface area contributed by atoms with Gasteiger partial charge >= 0.3 is 0 Å². The van der Waals surface area contributed by atoms with Crippen LogP contribution < -0.4 is 5.32 Å². The summed E-state index contributed by atoms with van der Waals surface area (Å²) in [7, 11) is 0. The highest BCUT2D eigenvalue weighted by atomic mass is 16.1. The lowest BCUT2D eigenvalue weighted by atomic mass is 9.84. The lowest BCUT2D eigenvalue weighted by Gasteiger charge is -2.27. The Balaban J connectivity index is 3.88. The lowest BCUT2D eigenvalue weighted by Crippen LogP contribution is -2.30. The van der Waals surface area contributed by atoms with Crippen LogP contribution in [0.1, 0.15) is 34.1 Å². The first kappa shape index (κ1) is 12.2. The molecule has 2 heteroatoms. The van der Waals surface area contributed by atoms with Crippen LogP contribution >= 0.6 is 0 Å². The molecule has 0 aliphatic rings. The SMILES string of the molecule is C=C(C=O)NCC(C)(C)CC(C)C. The van der Waals surface area contributed by atoms with Gasteiger partial charge in [-0.25, -0.2) is 0 Å². The van der Waals surface area contributed by atoms with Gasteiger partial charge in [0.15, 0.2) is 6.29 Å². The number of carbonyl (C=O) groups excluding carboxylic acids is 1. The Hall–Kier alpha value is -0.790. The molecule has 0 spiro atoms. The molecule has 0 saturated heterocycles. The van der Waals surface area contributed by atoms with Crippen molar-refractivity contribution < 1.29 is 4.79 Å². The Morgan fingerprint density at radius 1 is 1.54 bits per heavy atom. The second kappa shape index (κ2) is 5.05. The highest BCUT2D eigenvalue weighted by Gasteiger charge is 2.18. The molecule has 0 aromatic carbocycles. The maximum absolute atomic E-state index is 10.3. The molecule has 0 aliphatic carbocycles. The molecule has 76 valence electrons. The van der Waals surface area contributed by atoms with Crippen molar-refractivity contribution in [1.82, 2.24) is 5.32 Å². The first-order valence-corrected chi connectivity index (χ1v) is 4.75. The van der Waals surface area contributed by atoms with Crippen molar-refractivity contribution in [3.63, 3.8) is 0 Å². The fourth-order valence-electron chi connectivity index (χ4n) is 1.57. The minimum Gasteiger partial charge on any atom is -0.382 e. The second-order valence-electron chi connectivity index (χ2n) is 4.76. The summed E-state index contributed by atoms with van der Waals surface area (Å²) in [5.41, 5.74) is 0.692. The molecular formula is C11H21NO. The first-order chi connectivity index (χ1) is 5.87. The maximum atomic E-state index is 10.3. The number of carbonyl (C=O) groups is 1. The van der Waals surface area contributed by atoms with Crippen molar-refractivity contribution in [1.29, 1.82) is 0 Å². The van der Waals surface area contributed by atoms with Gasteiger partial charge in [-0.2, -0.15) is 0 Å². The smallest absolute Gasteiger partial charge is 0.165 e. The van der Waals surface area contributed by atoms with Crippen molar-refractivity contribution in [2.24, 2.45) is 11.3 Å². The van der Waals surface area contributed by atoms with Crippen LogP contribution in [-0.2, 0) is 4.79 Å². The van der Waals surface area contributed by atoms with E-state index < -0.39 is 0 Å². The average molecular weight is 183 g/mol. The van der Waals surface area contributed by atoms with Crippen LogP contribution in [0.2, 0.25) is 0 Å². The van der Waals surface area contributed by atoms with E-state index in [1.807, 2.05) is 0 Å². The first-order valence-electron chi connectivity index (χ1n) is 4.75. The molecule has 0 radical (unpaired) electrons. The predicted octanol–water partition coefficient (Wildman–Crippen LogP) is 2.36. The Labute approximate surface area is 81.4 Å². The molecule has 0 atom stereocenters. The van der Waals surface area contributed by atoms with E-state index in [1.165, 1.54) is 0 Å². The van der Waals surface area contributed by atoms with Gasteiger partial charge in [-0.15, -0.1) is 0 Å². The number of nitrogens with one attached hydrogen (secondary N) is 1.